The lowest BCUT2D eigenvalue weighted by Gasteiger charge is -2.21. The summed E-state index contributed by atoms with van der Waals surface area (Å²) in [4.78, 5) is 8.49. The van der Waals surface area contributed by atoms with Crippen molar-refractivity contribution in [2.45, 2.75) is 38.4 Å². The van der Waals surface area contributed by atoms with E-state index in [0.29, 0.717) is 5.84 Å². The molecule has 68 valence electrons. The van der Waals surface area contributed by atoms with E-state index in [-0.39, 0.29) is 17.6 Å². The number of nitrogens with two attached hydrogens (primary N) is 2. The second kappa shape index (κ2) is 2.95. The van der Waals surface area contributed by atoms with Crippen molar-refractivity contribution in [1.29, 1.82) is 0 Å². The minimum Gasteiger partial charge on any atom is -0.326 e. The van der Waals surface area contributed by atoms with Crippen LogP contribution in [0.5, 0.6) is 0 Å². The molecule has 3 unspecified atom stereocenters. The Kier molecular flexibility index (Phi) is 2.30. The highest BCUT2D eigenvalue weighted by molar-refractivity contribution is 6.00. The van der Waals surface area contributed by atoms with Crippen molar-refractivity contribution in [3.8, 4) is 0 Å². The van der Waals surface area contributed by atoms with E-state index in [1.165, 1.54) is 0 Å². The maximum Gasteiger partial charge on any atom is 0.140 e. The number of aliphatic imine (C=N–C) groups is 2. The van der Waals surface area contributed by atoms with Crippen LogP contribution in [0.2, 0.25) is 0 Å². The van der Waals surface area contributed by atoms with E-state index in [0.717, 1.165) is 0 Å². The molecule has 0 amide bonds. The molecule has 0 saturated heterocycles. The average molecular weight is 168 g/mol. The lowest BCUT2D eigenvalue weighted by atomic mass is 9.97. The molecule has 1 aliphatic rings. The van der Waals surface area contributed by atoms with Gasteiger partial charge in [0, 0.05) is 12.3 Å². The van der Waals surface area contributed by atoms with E-state index in [1.54, 1.807) is 6.21 Å². The summed E-state index contributed by atoms with van der Waals surface area (Å²) in [7, 11) is 0. The van der Waals surface area contributed by atoms with Crippen LogP contribution in [-0.4, -0.2) is 29.7 Å². The van der Waals surface area contributed by atoms with Crippen molar-refractivity contribution >= 4 is 12.1 Å². The van der Waals surface area contributed by atoms with Gasteiger partial charge in [-0.05, 0) is 20.8 Å². The first-order chi connectivity index (χ1) is 5.46. The van der Waals surface area contributed by atoms with Crippen LogP contribution in [0.1, 0.15) is 20.8 Å². The molecule has 1 heterocycles. The molecule has 4 N–H and O–H groups in total. The van der Waals surface area contributed by atoms with Crippen LogP contribution in [0.4, 0.5) is 0 Å². The Bertz CT molecular complexity index is 229. The monoisotopic (exact) mass is 168 g/mol. The number of hydrogen-bond acceptors (Lipinski definition) is 4. The van der Waals surface area contributed by atoms with Gasteiger partial charge in [-0.2, -0.15) is 0 Å². The van der Waals surface area contributed by atoms with Gasteiger partial charge in [-0.3, -0.25) is 4.99 Å². The molecule has 1 rings (SSSR count). The summed E-state index contributed by atoms with van der Waals surface area (Å²) in [5.41, 5.74) is 11.0. The molecular formula is C8H16N4. The van der Waals surface area contributed by atoms with Gasteiger partial charge in [0.25, 0.3) is 0 Å². The van der Waals surface area contributed by atoms with Crippen molar-refractivity contribution in [1.82, 2.24) is 0 Å². The second-order valence-electron chi connectivity index (χ2n) is 3.53. The average Bonchev–Trinajstić information content (AvgIpc) is 2.33. The predicted octanol–water partition coefficient (Wildman–Crippen LogP) is -0.0776. The fraction of sp³-hybridized carbons (Fsp3) is 0.750. The third-order valence-electron chi connectivity index (χ3n) is 2.14. The summed E-state index contributed by atoms with van der Waals surface area (Å²) in [6, 6.07) is -0.140. The van der Waals surface area contributed by atoms with Crippen molar-refractivity contribution in [2.75, 3.05) is 0 Å². The molecule has 0 radical (unpaired) electrons. The second-order valence-corrected chi connectivity index (χ2v) is 3.53. The third kappa shape index (κ3) is 1.54. The molecule has 0 bridgehead atoms. The Morgan fingerprint density at radius 2 is 2.00 bits per heavy atom. The zero-order valence-electron chi connectivity index (χ0n) is 7.78. The Morgan fingerprint density at radius 1 is 1.42 bits per heavy atom. The predicted molar refractivity (Wildman–Crippen MR) is 51.6 cm³/mol. The molecule has 12 heavy (non-hydrogen) atoms. The van der Waals surface area contributed by atoms with Crippen LogP contribution in [0, 0.1) is 0 Å². The van der Waals surface area contributed by atoms with Gasteiger partial charge in [0.15, 0.2) is 0 Å². The van der Waals surface area contributed by atoms with Gasteiger partial charge in [0.1, 0.15) is 11.4 Å². The van der Waals surface area contributed by atoms with Gasteiger partial charge >= 0.3 is 0 Å². The SMILES string of the molecule is CC(N)C1=NC(C)(C(C)N)C=N1. The number of nitrogens with zero attached hydrogens (tertiary/aromatic N) is 2. The van der Waals surface area contributed by atoms with E-state index < -0.39 is 0 Å². The lowest BCUT2D eigenvalue weighted by Crippen LogP contribution is -2.42. The Balaban J connectivity index is 2.84. The molecule has 0 aromatic heterocycles. The highest BCUT2D eigenvalue weighted by Gasteiger charge is 2.31. The van der Waals surface area contributed by atoms with E-state index in [1.807, 2.05) is 20.8 Å². The summed E-state index contributed by atoms with van der Waals surface area (Å²) >= 11 is 0. The van der Waals surface area contributed by atoms with E-state index >= 15 is 0 Å². The molecule has 0 aliphatic carbocycles. The van der Waals surface area contributed by atoms with Gasteiger partial charge in [-0.25, -0.2) is 4.99 Å². The minimum absolute atomic E-state index is 0.0301. The Hall–Kier alpha value is -0.740. The molecule has 4 nitrogen and oxygen atoms in total. The molecule has 0 aromatic rings. The Morgan fingerprint density at radius 3 is 2.25 bits per heavy atom. The third-order valence-corrected chi connectivity index (χ3v) is 2.14. The van der Waals surface area contributed by atoms with Crippen LogP contribution in [0.25, 0.3) is 0 Å². The van der Waals surface area contributed by atoms with Crippen LogP contribution < -0.4 is 11.5 Å². The highest BCUT2D eigenvalue weighted by atomic mass is 15.1. The van der Waals surface area contributed by atoms with E-state index in [2.05, 4.69) is 9.98 Å². The summed E-state index contributed by atoms with van der Waals surface area (Å²) in [5.74, 6) is 0.690. The fourth-order valence-electron chi connectivity index (χ4n) is 0.940. The summed E-state index contributed by atoms with van der Waals surface area (Å²) in [6.45, 7) is 5.74. The molecule has 4 heteroatoms. The van der Waals surface area contributed by atoms with Crippen molar-refractivity contribution in [3.63, 3.8) is 0 Å². The van der Waals surface area contributed by atoms with Crippen LogP contribution in [0.3, 0.4) is 0 Å². The number of amidine groups is 1. The summed E-state index contributed by atoms with van der Waals surface area (Å²) in [5, 5.41) is 0. The van der Waals surface area contributed by atoms with Gasteiger partial charge in [-0.1, -0.05) is 0 Å². The normalized spacial score (nSPS) is 33.2. The quantitative estimate of drug-likeness (QED) is 0.605. The van der Waals surface area contributed by atoms with Crippen LogP contribution in [-0.2, 0) is 0 Å². The highest BCUT2D eigenvalue weighted by Crippen LogP contribution is 2.17. The van der Waals surface area contributed by atoms with Crippen molar-refractivity contribution in [2.24, 2.45) is 21.5 Å². The molecule has 0 spiro atoms. The molecule has 3 atom stereocenters. The maximum absolute atomic E-state index is 5.76. The summed E-state index contributed by atoms with van der Waals surface area (Å²) in [6.07, 6.45) is 1.77. The van der Waals surface area contributed by atoms with Gasteiger partial charge < -0.3 is 11.5 Å². The van der Waals surface area contributed by atoms with Crippen LogP contribution >= 0.6 is 0 Å². The maximum atomic E-state index is 5.76. The zero-order chi connectivity index (χ0) is 9.35. The fourth-order valence-corrected chi connectivity index (χ4v) is 0.940. The first-order valence-electron chi connectivity index (χ1n) is 4.12. The van der Waals surface area contributed by atoms with E-state index in [4.69, 9.17) is 11.5 Å². The smallest absolute Gasteiger partial charge is 0.140 e. The van der Waals surface area contributed by atoms with E-state index in [9.17, 15) is 0 Å². The molecule has 1 aliphatic heterocycles. The largest absolute Gasteiger partial charge is 0.326 e. The molecule has 0 aromatic carbocycles. The van der Waals surface area contributed by atoms with Gasteiger partial charge in [0.2, 0.25) is 0 Å². The summed E-state index contributed by atoms with van der Waals surface area (Å²) < 4.78 is 0. The first-order valence-corrected chi connectivity index (χ1v) is 4.12. The molecule has 0 saturated carbocycles. The van der Waals surface area contributed by atoms with Gasteiger partial charge in [0.05, 0.1) is 6.04 Å². The van der Waals surface area contributed by atoms with Gasteiger partial charge in [-0.15, -0.1) is 0 Å². The minimum atomic E-state index is -0.358. The Labute approximate surface area is 72.8 Å². The van der Waals surface area contributed by atoms with Crippen LogP contribution in [0.15, 0.2) is 9.98 Å². The standard InChI is InChI=1S/C8H16N4/c1-5(9)7-11-4-8(3,12-7)6(2)10/h4-6H,9-10H2,1-3H3. The number of hydrogen-bond donors (Lipinski definition) is 2. The molecule has 0 fully saturated rings. The van der Waals surface area contributed by atoms with Crippen molar-refractivity contribution < 1.29 is 0 Å². The zero-order valence-corrected chi connectivity index (χ0v) is 7.78. The molecular weight excluding hydrogens is 152 g/mol. The number of rotatable bonds is 2. The lowest BCUT2D eigenvalue weighted by molar-refractivity contribution is 0.533. The topological polar surface area (TPSA) is 76.8 Å². The first kappa shape index (κ1) is 9.35. The van der Waals surface area contributed by atoms with Crippen molar-refractivity contribution in [3.05, 3.63) is 0 Å².